The number of terminal acetylenes is 1. The molecule has 0 aromatic carbocycles. The lowest BCUT2D eigenvalue weighted by Crippen LogP contribution is -2.22. The van der Waals surface area contributed by atoms with E-state index in [1.807, 2.05) is 0 Å². The molecule has 0 spiro atoms. The second-order valence-electron chi connectivity index (χ2n) is 2.95. The molecule has 0 atom stereocenters. The molecule has 0 amide bonds. The molecule has 74 valence electrons. The second kappa shape index (κ2) is 9.63. The van der Waals surface area contributed by atoms with Crippen molar-refractivity contribution in [2.45, 2.75) is 39.5 Å². The van der Waals surface area contributed by atoms with Crippen molar-refractivity contribution in [3.05, 3.63) is 0 Å². The molecule has 0 aliphatic heterocycles. The van der Waals surface area contributed by atoms with Gasteiger partial charge in [-0.2, -0.15) is 0 Å². The fourth-order valence-corrected chi connectivity index (χ4v) is 0.814. The van der Waals surface area contributed by atoms with E-state index in [1.165, 1.54) is 0 Å². The van der Waals surface area contributed by atoms with Gasteiger partial charge in [0.25, 0.3) is 0 Å². The maximum absolute atomic E-state index is 5.32. The zero-order chi connectivity index (χ0) is 9.94. The summed E-state index contributed by atoms with van der Waals surface area (Å²) in [6.45, 7) is 5.62. The van der Waals surface area contributed by atoms with Crippen molar-refractivity contribution in [2.24, 2.45) is 0 Å². The van der Waals surface area contributed by atoms with Crippen molar-refractivity contribution < 1.29 is 9.31 Å². The summed E-state index contributed by atoms with van der Waals surface area (Å²) in [6, 6.07) is 0. The van der Waals surface area contributed by atoms with Gasteiger partial charge >= 0.3 is 7.12 Å². The molecule has 0 N–H and O–H groups in total. The van der Waals surface area contributed by atoms with E-state index in [0.29, 0.717) is 13.2 Å². The molecule has 0 fully saturated rings. The molecule has 0 bridgehead atoms. The highest BCUT2D eigenvalue weighted by Crippen LogP contribution is 1.95. The van der Waals surface area contributed by atoms with Gasteiger partial charge in [-0.1, -0.05) is 32.5 Å². The SMILES string of the molecule is C#CB(OCCCC)OCCCC. The summed E-state index contributed by atoms with van der Waals surface area (Å²) >= 11 is 0. The molecule has 0 radical (unpaired) electrons. The predicted molar refractivity (Wildman–Crippen MR) is 56.3 cm³/mol. The molecule has 0 aliphatic carbocycles. The zero-order valence-electron chi connectivity index (χ0n) is 8.71. The van der Waals surface area contributed by atoms with Crippen LogP contribution in [0.5, 0.6) is 0 Å². The van der Waals surface area contributed by atoms with Crippen LogP contribution in [0.25, 0.3) is 0 Å². The Balaban J connectivity index is 3.36. The van der Waals surface area contributed by atoms with Gasteiger partial charge in [-0.05, 0) is 12.8 Å². The first-order chi connectivity index (χ1) is 6.35. The van der Waals surface area contributed by atoms with Gasteiger partial charge in [-0.25, -0.2) is 0 Å². The summed E-state index contributed by atoms with van der Waals surface area (Å²) in [5.41, 5.74) is 0. The van der Waals surface area contributed by atoms with Crippen LogP contribution in [0.1, 0.15) is 39.5 Å². The summed E-state index contributed by atoms with van der Waals surface area (Å²) in [6.07, 6.45) is 9.55. The minimum atomic E-state index is -0.446. The molecule has 0 aromatic rings. The van der Waals surface area contributed by atoms with Gasteiger partial charge in [-0.3, -0.25) is 0 Å². The van der Waals surface area contributed by atoms with Crippen molar-refractivity contribution in [2.75, 3.05) is 13.2 Å². The van der Waals surface area contributed by atoms with Crippen LogP contribution >= 0.6 is 0 Å². The second-order valence-corrected chi connectivity index (χ2v) is 2.95. The van der Waals surface area contributed by atoms with Crippen LogP contribution in [0.2, 0.25) is 0 Å². The van der Waals surface area contributed by atoms with Gasteiger partial charge in [0.05, 0.1) is 0 Å². The first-order valence-electron chi connectivity index (χ1n) is 5.04. The van der Waals surface area contributed by atoms with Crippen molar-refractivity contribution in [3.8, 4) is 12.2 Å². The minimum absolute atomic E-state index is 0.446. The number of unbranched alkanes of at least 4 members (excludes halogenated alkanes) is 2. The van der Waals surface area contributed by atoms with E-state index in [-0.39, 0.29) is 0 Å². The fourth-order valence-electron chi connectivity index (χ4n) is 0.814. The molecule has 0 unspecified atom stereocenters. The third kappa shape index (κ3) is 7.89. The Kier molecular flexibility index (Phi) is 9.29. The molecule has 0 heterocycles. The highest BCUT2D eigenvalue weighted by Gasteiger charge is 2.13. The average molecular weight is 182 g/mol. The van der Waals surface area contributed by atoms with Crippen molar-refractivity contribution >= 4 is 7.12 Å². The molecule has 0 saturated carbocycles. The minimum Gasteiger partial charge on any atom is -0.400 e. The van der Waals surface area contributed by atoms with Gasteiger partial charge in [0.15, 0.2) is 0 Å². The lowest BCUT2D eigenvalue weighted by Gasteiger charge is -2.08. The van der Waals surface area contributed by atoms with Crippen molar-refractivity contribution in [3.63, 3.8) is 0 Å². The van der Waals surface area contributed by atoms with Crippen LogP contribution < -0.4 is 0 Å². The monoisotopic (exact) mass is 182 g/mol. The topological polar surface area (TPSA) is 18.5 Å². The summed E-state index contributed by atoms with van der Waals surface area (Å²) in [5.74, 6) is 2.48. The lowest BCUT2D eigenvalue weighted by atomic mass is 9.92. The molecule has 0 aliphatic rings. The van der Waals surface area contributed by atoms with Crippen molar-refractivity contribution in [1.29, 1.82) is 0 Å². The molecular formula is C10H19BO2. The average Bonchev–Trinajstić information content (AvgIpc) is 2.16. The smallest absolute Gasteiger partial charge is 0.400 e. The summed E-state index contributed by atoms with van der Waals surface area (Å²) < 4.78 is 10.6. The molecular weight excluding hydrogens is 163 g/mol. The Hall–Kier alpha value is -0.455. The molecule has 0 rings (SSSR count). The summed E-state index contributed by atoms with van der Waals surface area (Å²) in [5, 5.41) is 0. The van der Waals surface area contributed by atoms with Gasteiger partial charge in [0.1, 0.15) is 0 Å². The highest BCUT2D eigenvalue weighted by atomic mass is 16.6. The molecule has 3 heteroatoms. The van der Waals surface area contributed by atoms with Gasteiger partial charge in [0, 0.05) is 13.2 Å². The number of hydrogen-bond donors (Lipinski definition) is 0. The third-order valence-electron chi connectivity index (χ3n) is 1.67. The Bertz CT molecular complexity index is 132. The van der Waals surface area contributed by atoms with E-state index >= 15 is 0 Å². The number of hydrogen-bond acceptors (Lipinski definition) is 2. The summed E-state index contributed by atoms with van der Waals surface area (Å²) in [7, 11) is -0.446. The molecule has 13 heavy (non-hydrogen) atoms. The Morgan fingerprint density at radius 3 is 1.85 bits per heavy atom. The lowest BCUT2D eigenvalue weighted by molar-refractivity contribution is 0.203. The maximum atomic E-state index is 5.32. The molecule has 0 aromatic heterocycles. The number of rotatable bonds is 8. The molecule has 0 saturated heterocycles. The van der Waals surface area contributed by atoms with Crippen LogP contribution in [0, 0.1) is 12.2 Å². The van der Waals surface area contributed by atoms with Crippen LogP contribution in [0.15, 0.2) is 0 Å². The van der Waals surface area contributed by atoms with E-state index in [1.54, 1.807) is 0 Å². The van der Waals surface area contributed by atoms with E-state index in [0.717, 1.165) is 25.7 Å². The highest BCUT2D eigenvalue weighted by molar-refractivity contribution is 6.54. The van der Waals surface area contributed by atoms with E-state index < -0.39 is 7.12 Å². The van der Waals surface area contributed by atoms with E-state index in [9.17, 15) is 0 Å². The van der Waals surface area contributed by atoms with Crippen LogP contribution in [0.4, 0.5) is 0 Å². The van der Waals surface area contributed by atoms with Crippen LogP contribution in [0.3, 0.4) is 0 Å². The van der Waals surface area contributed by atoms with Gasteiger partial charge in [0.2, 0.25) is 0 Å². The van der Waals surface area contributed by atoms with E-state index in [4.69, 9.17) is 15.7 Å². The first kappa shape index (κ1) is 12.5. The Morgan fingerprint density at radius 1 is 1.08 bits per heavy atom. The standard InChI is InChI=1S/C10H19BO2/c1-4-7-9-12-11(6-3)13-10-8-5-2/h3H,4-5,7-10H2,1-2H3. The van der Waals surface area contributed by atoms with Gasteiger partial charge < -0.3 is 9.31 Å². The van der Waals surface area contributed by atoms with Crippen LogP contribution in [-0.4, -0.2) is 20.3 Å². The van der Waals surface area contributed by atoms with Crippen molar-refractivity contribution in [1.82, 2.24) is 0 Å². The largest absolute Gasteiger partial charge is 0.549 e. The predicted octanol–water partition coefficient (Wildman–Crippen LogP) is 2.28. The molecule has 2 nitrogen and oxygen atoms in total. The third-order valence-corrected chi connectivity index (χ3v) is 1.67. The van der Waals surface area contributed by atoms with E-state index in [2.05, 4.69) is 19.7 Å². The zero-order valence-corrected chi connectivity index (χ0v) is 8.71. The fraction of sp³-hybridized carbons (Fsp3) is 0.800. The first-order valence-corrected chi connectivity index (χ1v) is 5.04. The Labute approximate surface area is 82.1 Å². The van der Waals surface area contributed by atoms with Gasteiger partial charge in [-0.15, -0.1) is 6.42 Å². The normalized spacial score (nSPS) is 9.62. The van der Waals surface area contributed by atoms with Crippen LogP contribution in [-0.2, 0) is 9.31 Å². The quantitative estimate of drug-likeness (QED) is 0.325. The maximum Gasteiger partial charge on any atom is 0.549 e. The summed E-state index contributed by atoms with van der Waals surface area (Å²) in [4.78, 5) is 0. The Morgan fingerprint density at radius 2 is 1.54 bits per heavy atom.